The largest absolute Gasteiger partial charge is 0.469 e. The second kappa shape index (κ2) is 4.59. The van der Waals surface area contributed by atoms with Crippen molar-refractivity contribution in [3.63, 3.8) is 0 Å². The summed E-state index contributed by atoms with van der Waals surface area (Å²) in [5, 5.41) is 0. The Morgan fingerprint density at radius 1 is 1.67 bits per heavy atom. The first kappa shape index (κ1) is 10.4. The van der Waals surface area contributed by atoms with Crippen LogP contribution in [-0.2, 0) is 16.0 Å². The summed E-state index contributed by atoms with van der Waals surface area (Å²) in [6.45, 7) is 2.20. The van der Waals surface area contributed by atoms with E-state index in [1.165, 1.54) is 0 Å². The third-order valence-corrected chi connectivity index (χ3v) is 2.56. The van der Waals surface area contributed by atoms with Crippen LogP contribution in [0.1, 0.15) is 5.76 Å². The second-order valence-corrected chi connectivity index (χ2v) is 3.84. The van der Waals surface area contributed by atoms with Gasteiger partial charge in [0.15, 0.2) is 5.78 Å². The van der Waals surface area contributed by atoms with E-state index in [2.05, 4.69) is 4.90 Å². The van der Waals surface area contributed by atoms with Crippen LogP contribution in [0.25, 0.3) is 0 Å². The Labute approximate surface area is 88.8 Å². The third kappa shape index (κ3) is 2.67. The molecular formula is C11H15NO3. The molecule has 0 radical (unpaired) electrons. The molecule has 1 aromatic rings. The van der Waals surface area contributed by atoms with Gasteiger partial charge in [-0.15, -0.1) is 0 Å². The summed E-state index contributed by atoms with van der Waals surface area (Å²) in [6, 6.07) is 3.60. The van der Waals surface area contributed by atoms with Gasteiger partial charge in [0.05, 0.1) is 19.3 Å². The van der Waals surface area contributed by atoms with Crippen LogP contribution in [0, 0.1) is 0 Å². The van der Waals surface area contributed by atoms with Crippen LogP contribution < -0.4 is 0 Å². The van der Waals surface area contributed by atoms with Crippen molar-refractivity contribution >= 4 is 5.78 Å². The van der Waals surface area contributed by atoms with Crippen LogP contribution in [0.5, 0.6) is 0 Å². The normalized spacial score (nSPS) is 22.9. The highest BCUT2D eigenvalue weighted by Gasteiger charge is 2.25. The third-order valence-electron chi connectivity index (χ3n) is 2.56. The molecule has 4 heteroatoms. The summed E-state index contributed by atoms with van der Waals surface area (Å²) in [4.78, 5) is 13.9. The minimum absolute atomic E-state index is 0.0940. The minimum atomic E-state index is -0.297. The highest BCUT2D eigenvalue weighted by molar-refractivity contribution is 5.85. The molecule has 2 heterocycles. The molecule has 15 heavy (non-hydrogen) atoms. The summed E-state index contributed by atoms with van der Waals surface area (Å²) in [5.74, 6) is 0.799. The van der Waals surface area contributed by atoms with Crippen LogP contribution in [-0.4, -0.2) is 43.5 Å². The number of furan rings is 1. The fraction of sp³-hybridized carbons (Fsp3) is 0.545. The van der Waals surface area contributed by atoms with Crippen LogP contribution in [0.4, 0.5) is 0 Å². The van der Waals surface area contributed by atoms with Gasteiger partial charge in [0, 0.05) is 13.1 Å². The average molecular weight is 209 g/mol. The van der Waals surface area contributed by atoms with Crippen molar-refractivity contribution in [3.8, 4) is 0 Å². The van der Waals surface area contributed by atoms with E-state index in [-0.39, 0.29) is 11.9 Å². The van der Waals surface area contributed by atoms with Crippen molar-refractivity contribution in [2.45, 2.75) is 12.5 Å². The minimum Gasteiger partial charge on any atom is -0.469 e. The lowest BCUT2D eigenvalue weighted by Crippen LogP contribution is -2.44. The Morgan fingerprint density at radius 2 is 2.53 bits per heavy atom. The first-order valence-corrected chi connectivity index (χ1v) is 5.11. The smallest absolute Gasteiger partial charge is 0.170 e. The SMILES string of the molecule is CN1CCOC(C(=O)Cc2ccco2)C1. The number of morpholine rings is 1. The van der Waals surface area contributed by atoms with Gasteiger partial charge in [0.2, 0.25) is 0 Å². The molecule has 0 spiro atoms. The maximum atomic E-state index is 11.8. The molecule has 1 aliphatic heterocycles. The molecule has 1 fully saturated rings. The van der Waals surface area contributed by atoms with Crippen LogP contribution in [0.15, 0.2) is 22.8 Å². The number of hydrogen-bond donors (Lipinski definition) is 0. The van der Waals surface area contributed by atoms with Crippen molar-refractivity contribution in [1.82, 2.24) is 4.90 Å². The zero-order valence-corrected chi connectivity index (χ0v) is 8.81. The van der Waals surface area contributed by atoms with Crippen molar-refractivity contribution < 1.29 is 13.9 Å². The van der Waals surface area contributed by atoms with E-state index >= 15 is 0 Å². The Hall–Kier alpha value is -1.13. The second-order valence-electron chi connectivity index (χ2n) is 3.84. The van der Waals surface area contributed by atoms with Gasteiger partial charge < -0.3 is 14.1 Å². The van der Waals surface area contributed by atoms with E-state index in [4.69, 9.17) is 9.15 Å². The standard InChI is InChI=1S/C11H15NO3/c1-12-4-6-15-11(8-12)10(13)7-9-3-2-5-14-9/h2-3,5,11H,4,6-8H2,1H3. The van der Waals surface area contributed by atoms with E-state index < -0.39 is 0 Å². The Balaban J connectivity index is 1.90. The van der Waals surface area contributed by atoms with Gasteiger partial charge in [-0.05, 0) is 19.2 Å². The van der Waals surface area contributed by atoms with E-state index in [0.29, 0.717) is 25.3 Å². The van der Waals surface area contributed by atoms with Crippen LogP contribution in [0.3, 0.4) is 0 Å². The zero-order chi connectivity index (χ0) is 10.7. The molecule has 0 aliphatic carbocycles. The molecule has 1 atom stereocenters. The van der Waals surface area contributed by atoms with Crippen molar-refractivity contribution in [3.05, 3.63) is 24.2 Å². The molecule has 0 N–H and O–H groups in total. The lowest BCUT2D eigenvalue weighted by molar-refractivity contribution is -0.135. The fourth-order valence-electron chi connectivity index (χ4n) is 1.67. The van der Waals surface area contributed by atoms with Crippen molar-refractivity contribution in [1.29, 1.82) is 0 Å². The topological polar surface area (TPSA) is 42.7 Å². The zero-order valence-electron chi connectivity index (χ0n) is 8.81. The lowest BCUT2D eigenvalue weighted by atomic mass is 10.1. The summed E-state index contributed by atoms with van der Waals surface area (Å²) >= 11 is 0. The van der Waals surface area contributed by atoms with Gasteiger partial charge in [-0.3, -0.25) is 4.79 Å². The average Bonchev–Trinajstić information content (AvgIpc) is 2.70. The number of hydrogen-bond acceptors (Lipinski definition) is 4. The van der Waals surface area contributed by atoms with E-state index in [0.717, 1.165) is 6.54 Å². The van der Waals surface area contributed by atoms with E-state index in [1.807, 2.05) is 13.1 Å². The number of rotatable bonds is 3. The highest BCUT2D eigenvalue weighted by Crippen LogP contribution is 2.09. The summed E-state index contributed by atoms with van der Waals surface area (Å²) in [6.07, 6.45) is 1.61. The van der Waals surface area contributed by atoms with Gasteiger partial charge in [0.25, 0.3) is 0 Å². The van der Waals surface area contributed by atoms with Gasteiger partial charge in [-0.1, -0.05) is 0 Å². The molecule has 0 aromatic carbocycles. The van der Waals surface area contributed by atoms with Crippen molar-refractivity contribution in [2.24, 2.45) is 0 Å². The summed E-state index contributed by atoms with van der Waals surface area (Å²) in [5.41, 5.74) is 0. The Kier molecular flexibility index (Phi) is 3.18. The molecule has 4 nitrogen and oxygen atoms in total. The fourth-order valence-corrected chi connectivity index (χ4v) is 1.67. The van der Waals surface area contributed by atoms with Gasteiger partial charge in [-0.2, -0.15) is 0 Å². The van der Waals surface area contributed by atoms with Crippen LogP contribution >= 0.6 is 0 Å². The quantitative estimate of drug-likeness (QED) is 0.735. The molecule has 2 rings (SSSR count). The van der Waals surface area contributed by atoms with E-state index in [9.17, 15) is 4.79 Å². The van der Waals surface area contributed by atoms with Gasteiger partial charge in [0.1, 0.15) is 11.9 Å². The number of carbonyl (C=O) groups is 1. The molecule has 1 aromatic heterocycles. The Morgan fingerprint density at radius 3 is 3.20 bits per heavy atom. The number of ketones is 1. The Bertz CT molecular complexity index is 321. The van der Waals surface area contributed by atoms with Gasteiger partial charge >= 0.3 is 0 Å². The molecule has 1 unspecified atom stereocenters. The molecule has 0 saturated carbocycles. The predicted molar refractivity (Wildman–Crippen MR) is 54.7 cm³/mol. The highest BCUT2D eigenvalue weighted by atomic mass is 16.5. The molecule has 0 amide bonds. The molecule has 82 valence electrons. The first-order chi connectivity index (χ1) is 7.25. The lowest BCUT2D eigenvalue weighted by Gasteiger charge is -2.28. The molecule has 1 saturated heterocycles. The maximum Gasteiger partial charge on any atom is 0.170 e. The molecule has 1 aliphatic rings. The number of carbonyl (C=O) groups excluding carboxylic acids is 1. The molecular weight excluding hydrogens is 194 g/mol. The van der Waals surface area contributed by atoms with Gasteiger partial charge in [-0.25, -0.2) is 0 Å². The predicted octanol–water partition coefficient (Wildman–Crippen LogP) is 0.722. The summed E-state index contributed by atoms with van der Waals surface area (Å²) < 4.78 is 10.6. The number of ether oxygens (including phenoxy) is 1. The first-order valence-electron chi connectivity index (χ1n) is 5.11. The van der Waals surface area contributed by atoms with Crippen LogP contribution in [0.2, 0.25) is 0 Å². The number of Topliss-reactive ketones (excluding diaryl/α,β-unsaturated/α-hetero) is 1. The maximum absolute atomic E-state index is 11.8. The van der Waals surface area contributed by atoms with Crippen molar-refractivity contribution in [2.75, 3.05) is 26.7 Å². The molecule has 0 bridgehead atoms. The van der Waals surface area contributed by atoms with E-state index in [1.54, 1.807) is 12.3 Å². The number of nitrogens with zero attached hydrogens (tertiary/aromatic N) is 1. The monoisotopic (exact) mass is 209 g/mol. The number of likely N-dealkylation sites (N-methyl/N-ethyl adjacent to an activating group) is 1. The summed E-state index contributed by atoms with van der Waals surface area (Å²) in [7, 11) is 2.00.